The molecule has 100 valence electrons. The van der Waals surface area contributed by atoms with E-state index in [2.05, 4.69) is 15.3 Å². The minimum absolute atomic E-state index is 0.0954. The van der Waals surface area contributed by atoms with Crippen molar-refractivity contribution in [3.05, 3.63) is 17.5 Å². The molecule has 1 N–H and O–H groups in total. The first-order valence-electron chi connectivity index (χ1n) is 5.86. The van der Waals surface area contributed by atoms with Gasteiger partial charge in [-0.2, -0.15) is 0 Å². The van der Waals surface area contributed by atoms with Crippen molar-refractivity contribution in [2.24, 2.45) is 0 Å². The average molecular weight is 268 g/mol. The molecule has 1 heterocycles. The van der Waals surface area contributed by atoms with Gasteiger partial charge in [-0.25, -0.2) is 9.97 Å². The molecule has 0 saturated heterocycles. The minimum atomic E-state index is 0.0954. The van der Waals surface area contributed by atoms with E-state index in [1.807, 2.05) is 34.0 Å². The van der Waals surface area contributed by atoms with Crippen molar-refractivity contribution in [1.29, 1.82) is 0 Å². The van der Waals surface area contributed by atoms with E-state index in [-0.39, 0.29) is 5.91 Å². The van der Waals surface area contributed by atoms with E-state index in [0.717, 1.165) is 17.9 Å². The molecule has 0 atom stereocenters. The van der Waals surface area contributed by atoms with Crippen LogP contribution in [-0.2, 0) is 4.79 Å². The Kier molecular flexibility index (Phi) is 6.07. The van der Waals surface area contributed by atoms with Crippen LogP contribution in [0.2, 0.25) is 0 Å². The average Bonchev–Trinajstić information content (AvgIpc) is 2.31. The molecule has 0 aliphatic carbocycles. The lowest BCUT2D eigenvalue weighted by molar-refractivity contribution is -0.127. The quantitative estimate of drug-likeness (QED) is 0.612. The Balaban J connectivity index is 2.46. The molecule has 1 aromatic rings. The molecule has 6 heteroatoms. The third-order valence-electron chi connectivity index (χ3n) is 2.41. The second-order valence-corrected chi connectivity index (χ2v) is 5.08. The fraction of sp³-hybridized carbons (Fsp3) is 0.583. The Morgan fingerprint density at radius 3 is 2.56 bits per heavy atom. The summed E-state index contributed by atoms with van der Waals surface area (Å²) in [6.07, 6.45) is 0. The third-order valence-corrected chi connectivity index (χ3v) is 3.24. The number of carbonyl (C=O) groups excluding carboxylic acids is 1. The third kappa shape index (κ3) is 5.01. The SMILES string of the molecule is CNCCN(C)C(=O)CSc1nc(C)cc(C)n1. The Morgan fingerprint density at radius 2 is 2.00 bits per heavy atom. The molecule has 0 spiro atoms. The second-order valence-electron chi connectivity index (χ2n) is 4.14. The molecule has 0 aromatic carbocycles. The number of carbonyl (C=O) groups is 1. The van der Waals surface area contributed by atoms with Crippen molar-refractivity contribution in [3.63, 3.8) is 0 Å². The van der Waals surface area contributed by atoms with E-state index < -0.39 is 0 Å². The molecule has 0 fully saturated rings. The van der Waals surface area contributed by atoms with E-state index in [4.69, 9.17) is 0 Å². The highest BCUT2D eigenvalue weighted by atomic mass is 32.2. The summed E-state index contributed by atoms with van der Waals surface area (Å²) < 4.78 is 0. The first-order chi connectivity index (χ1) is 8.52. The molecule has 0 saturated carbocycles. The van der Waals surface area contributed by atoms with Gasteiger partial charge in [0.25, 0.3) is 0 Å². The normalized spacial score (nSPS) is 10.4. The zero-order valence-electron chi connectivity index (χ0n) is 11.4. The highest BCUT2D eigenvalue weighted by Gasteiger charge is 2.10. The number of aromatic nitrogens is 2. The van der Waals surface area contributed by atoms with E-state index in [1.165, 1.54) is 11.8 Å². The minimum Gasteiger partial charge on any atom is -0.344 e. The van der Waals surface area contributed by atoms with Gasteiger partial charge in [0.2, 0.25) is 5.91 Å². The number of thioether (sulfide) groups is 1. The lowest BCUT2D eigenvalue weighted by atomic mass is 10.4. The number of likely N-dealkylation sites (N-methyl/N-ethyl adjacent to an activating group) is 2. The summed E-state index contributed by atoms with van der Waals surface area (Å²) in [4.78, 5) is 22.1. The highest BCUT2D eigenvalue weighted by Crippen LogP contribution is 2.14. The van der Waals surface area contributed by atoms with Crippen LogP contribution in [0.3, 0.4) is 0 Å². The van der Waals surface area contributed by atoms with Crippen LogP contribution in [-0.4, -0.2) is 53.7 Å². The molecular formula is C12H20N4OS. The smallest absolute Gasteiger partial charge is 0.232 e. The fourth-order valence-electron chi connectivity index (χ4n) is 1.40. The van der Waals surface area contributed by atoms with Crippen molar-refractivity contribution < 1.29 is 4.79 Å². The van der Waals surface area contributed by atoms with Gasteiger partial charge in [-0.3, -0.25) is 4.79 Å². The molecule has 1 aromatic heterocycles. The summed E-state index contributed by atoms with van der Waals surface area (Å²) in [7, 11) is 3.68. The van der Waals surface area contributed by atoms with Gasteiger partial charge in [0.05, 0.1) is 5.75 Å². The maximum absolute atomic E-state index is 11.8. The molecular weight excluding hydrogens is 248 g/mol. The standard InChI is InChI=1S/C12H20N4OS/c1-9-7-10(2)15-12(14-9)18-8-11(17)16(4)6-5-13-3/h7,13H,5-6,8H2,1-4H3. The second kappa shape index (κ2) is 7.33. The predicted molar refractivity (Wildman–Crippen MR) is 73.8 cm³/mol. The number of rotatable bonds is 6. The van der Waals surface area contributed by atoms with Gasteiger partial charge >= 0.3 is 0 Å². The van der Waals surface area contributed by atoms with Crippen LogP contribution >= 0.6 is 11.8 Å². The van der Waals surface area contributed by atoms with Crippen molar-refractivity contribution >= 4 is 17.7 Å². The predicted octanol–water partition coefficient (Wildman–Crippen LogP) is 0.863. The van der Waals surface area contributed by atoms with Gasteiger partial charge in [0.15, 0.2) is 5.16 Å². The van der Waals surface area contributed by atoms with Crippen molar-refractivity contribution in [2.75, 3.05) is 32.9 Å². The number of nitrogens with zero attached hydrogens (tertiary/aromatic N) is 3. The van der Waals surface area contributed by atoms with Gasteiger partial charge in [-0.05, 0) is 27.0 Å². The summed E-state index contributed by atoms with van der Waals surface area (Å²) >= 11 is 1.38. The van der Waals surface area contributed by atoms with Gasteiger partial charge in [0.1, 0.15) is 0 Å². The van der Waals surface area contributed by atoms with Gasteiger partial charge < -0.3 is 10.2 Å². The van der Waals surface area contributed by atoms with Crippen LogP contribution in [0.15, 0.2) is 11.2 Å². The van der Waals surface area contributed by atoms with Crippen molar-refractivity contribution in [2.45, 2.75) is 19.0 Å². The molecule has 0 aliphatic heterocycles. The zero-order chi connectivity index (χ0) is 13.5. The van der Waals surface area contributed by atoms with Crippen LogP contribution < -0.4 is 5.32 Å². The molecule has 18 heavy (non-hydrogen) atoms. The molecule has 1 rings (SSSR count). The first kappa shape index (κ1) is 14.9. The molecule has 1 amide bonds. The van der Waals surface area contributed by atoms with E-state index >= 15 is 0 Å². The van der Waals surface area contributed by atoms with Crippen molar-refractivity contribution in [3.8, 4) is 0 Å². The molecule has 0 unspecified atom stereocenters. The van der Waals surface area contributed by atoms with Crippen molar-refractivity contribution in [1.82, 2.24) is 20.2 Å². The maximum Gasteiger partial charge on any atom is 0.232 e. The summed E-state index contributed by atoms with van der Waals surface area (Å²) in [6, 6.07) is 1.92. The van der Waals surface area contributed by atoms with E-state index in [9.17, 15) is 4.79 Å². The molecule has 0 bridgehead atoms. The fourth-order valence-corrected chi connectivity index (χ4v) is 2.29. The Morgan fingerprint density at radius 1 is 1.39 bits per heavy atom. The van der Waals surface area contributed by atoms with Crippen LogP contribution in [0.5, 0.6) is 0 Å². The molecule has 0 aliphatic rings. The lowest BCUT2D eigenvalue weighted by Gasteiger charge is -2.16. The zero-order valence-corrected chi connectivity index (χ0v) is 12.2. The topological polar surface area (TPSA) is 58.1 Å². The van der Waals surface area contributed by atoms with Gasteiger partial charge in [-0.1, -0.05) is 11.8 Å². The van der Waals surface area contributed by atoms with E-state index in [0.29, 0.717) is 17.5 Å². The Labute approximate surface area is 112 Å². The number of aryl methyl sites for hydroxylation is 2. The number of hydrogen-bond acceptors (Lipinski definition) is 5. The first-order valence-corrected chi connectivity index (χ1v) is 6.85. The Hall–Kier alpha value is -1.14. The summed E-state index contributed by atoms with van der Waals surface area (Å²) in [5.41, 5.74) is 1.86. The monoisotopic (exact) mass is 268 g/mol. The summed E-state index contributed by atoms with van der Waals surface area (Å²) in [5.74, 6) is 0.473. The highest BCUT2D eigenvalue weighted by molar-refractivity contribution is 7.99. The maximum atomic E-state index is 11.8. The van der Waals surface area contributed by atoms with Crippen LogP contribution in [0.4, 0.5) is 0 Å². The molecule has 0 radical (unpaired) electrons. The summed E-state index contributed by atoms with van der Waals surface area (Å²) in [5, 5.41) is 3.69. The number of hydrogen-bond donors (Lipinski definition) is 1. The number of amides is 1. The largest absolute Gasteiger partial charge is 0.344 e. The van der Waals surface area contributed by atoms with Crippen LogP contribution in [0.1, 0.15) is 11.4 Å². The number of nitrogens with one attached hydrogen (secondary N) is 1. The molecule has 5 nitrogen and oxygen atoms in total. The van der Waals surface area contributed by atoms with Gasteiger partial charge in [-0.15, -0.1) is 0 Å². The lowest BCUT2D eigenvalue weighted by Crippen LogP contribution is -2.33. The van der Waals surface area contributed by atoms with Crippen LogP contribution in [0.25, 0.3) is 0 Å². The van der Waals surface area contributed by atoms with Gasteiger partial charge in [0, 0.05) is 31.5 Å². The summed E-state index contributed by atoms with van der Waals surface area (Å²) in [6.45, 7) is 5.37. The Bertz CT molecular complexity index is 391. The van der Waals surface area contributed by atoms with E-state index in [1.54, 1.807) is 4.90 Å². The van der Waals surface area contributed by atoms with Crippen LogP contribution in [0, 0.1) is 13.8 Å².